The highest BCUT2D eigenvalue weighted by Crippen LogP contribution is 2.36. The number of aryl methyl sites for hydroxylation is 3. The predicted octanol–water partition coefficient (Wildman–Crippen LogP) is 4.00. The van der Waals surface area contributed by atoms with E-state index in [-0.39, 0.29) is 24.0 Å². The van der Waals surface area contributed by atoms with Crippen LogP contribution in [0.3, 0.4) is 0 Å². The Morgan fingerprint density at radius 3 is 2.62 bits per heavy atom. The molecule has 1 aliphatic rings. The average molecular weight is 545 g/mol. The Kier molecular flexibility index (Phi) is 7.95. The second kappa shape index (κ2) is 10.5. The van der Waals surface area contributed by atoms with Crippen LogP contribution in [0, 0.1) is 13.8 Å². The third-order valence-corrected chi connectivity index (χ3v) is 5.86. The molecule has 3 aromatic rings. The summed E-state index contributed by atoms with van der Waals surface area (Å²) in [5.74, 6) is 0.698. The molecule has 0 aliphatic heterocycles. The number of aromatic nitrogens is 2. The number of benzene rings is 2. The van der Waals surface area contributed by atoms with Gasteiger partial charge in [0.2, 0.25) is 0 Å². The van der Waals surface area contributed by atoms with E-state index in [1.54, 1.807) is 0 Å². The highest BCUT2D eigenvalue weighted by Gasteiger charge is 2.36. The Labute approximate surface area is 207 Å². The van der Waals surface area contributed by atoms with Gasteiger partial charge in [-0.1, -0.05) is 42.5 Å². The van der Waals surface area contributed by atoms with Crippen molar-refractivity contribution in [2.45, 2.75) is 45.8 Å². The molecule has 0 bridgehead atoms. The molecule has 2 aromatic carbocycles. The Morgan fingerprint density at radius 1 is 1.12 bits per heavy atom. The summed E-state index contributed by atoms with van der Waals surface area (Å²) < 4.78 is 1.97. The number of halogens is 1. The molecule has 1 heterocycles. The number of guanidine groups is 1. The molecule has 0 radical (unpaired) electrons. The molecule has 0 saturated heterocycles. The van der Waals surface area contributed by atoms with Gasteiger partial charge in [0.05, 0.1) is 24.5 Å². The molecular formula is C25H32IN5O. The van der Waals surface area contributed by atoms with Crippen LogP contribution in [0.15, 0.2) is 59.6 Å². The molecule has 1 aliphatic carbocycles. The number of fused-ring (bicyclic) bond motifs is 1. The van der Waals surface area contributed by atoms with E-state index in [1.165, 1.54) is 5.56 Å². The van der Waals surface area contributed by atoms with Gasteiger partial charge in [-0.2, -0.15) is 5.10 Å². The lowest BCUT2D eigenvalue weighted by Gasteiger charge is -2.25. The topological polar surface area (TPSA) is 74.5 Å². The van der Waals surface area contributed by atoms with Crippen molar-refractivity contribution in [3.8, 4) is 5.69 Å². The van der Waals surface area contributed by atoms with Gasteiger partial charge in [-0.25, -0.2) is 9.67 Å². The van der Waals surface area contributed by atoms with Crippen molar-refractivity contribution in [2.24, 2.45) is 4.99 Å². The van der Waals surface area contributed by atoms with Crippen LogP contribution in [0.25, 0.3) is 5.69 Å². The van der Waals surface area contributed by atoms with Gasteiger partial charge in [-0.15, -0.1) is 24.0 Å². The lowest BCUT2D eigenvalue weighted by atomic mass is 9.96. The zero-order valence-corrected chi connectivity index (χ0v) is 21.3. The molecule has 7 heteroatoms. The molecule has 0 fully saturated rings. The number of nitrogens with one attached hydrogen (secondary N) is 2. The molecular weight excluding hydrogens is 513 g/mol. The van der Waals surface area contributed by atoms with E-state index in [9.17, 15) is 5.11 Å². The first-order valence-corrected chi connectivity index (χ1v) is 10.9. The summed E-state index contributed by atoms with van der Waals surface area (Å²) in [6.45, 7) is 7.80. The summed E-state index contributed by atoms with van der Waals surface area (Å²) in [5.41, 5.74) is 5.61. The number of para-hydroxylation sites is 1. The number of hydrogen-bond donors (Lipinski definition) is 3. The maximum absolute atomic E-state index is 11.2. The van der Waals surface area contributed by atoms with Crippen LogP contribution in [-0.2, 0) is 18.6 Å². The number of hydrogen-bond acceptors (Lipinski definition) is 3. The molecule has 0 spiro atoms. The predicted molar refractivity (Wildman–Crippen MR) is 140 cm³/mol. The molecule has 32 heavy (non-hydrogen) atoms. The lowest BCUT2D eigenvalue weighted by molar-refractivity contribution is 0.0432. The summed E-state index contributed by atoms with van der Waals surface area (Å²) in [5, 5.41) is 22.5. The van der Waals surface area contributed by atoms with Gasteiger partial charge >= 0.3 is 0 Å². The fraction of sp³-hybridized carbons (Fsp3) is 0.360. The van der Waals surface area contributed by atoms with Gasteiger partial charge in [0, 0.05) is 12.2 Å². The maximum Gasteiger partial charge on any atom is 0.191 e. The Balaban J connectivity index is 0.00000289. The summed E-state index contributed by atoms with van der Waals surface area (Å²) in [4.78, 5) is 4.80. The average Bonchev–Trinajstić information content (AvgIpc) is 3.29. The first-order chi connectivity index (χ1) is 15.0. The standard InChI is InChI=1S/C25H31N5O.HI/c1-4-26-24(28-17-25(31)14-13-20-9-5-7-11-22(20)25)27-16-21-10-6-8-12-23(21)30-19(3)15-18(2)29-30;/h5-12,15,31H,4,13-14,16-17H2,1-3H3,(H2,26,27,28);1H. The van der Waals surface area contributed by atoms with Crippen molar-refractivity contribution in [2.75, 3.05) is 13.1 Å². The monoisotopic (exact) mass is 545 g/mol. The summed E-state index contributed by atoms with van der Waals surface area (Å²) in [6.07, 6.45) is 1.62. The van der Waals surface area contributed by atoms with Gasteiger partial charge in [-0.3, -0.25) is 0 Å². The van der Waals surface area contributed by atoms with E-state index in [4.69, 9.17) is 4.99 Å². The van der Waals surface area contributed by atoms with Crippen LogP contribution in [0.4, 0.5) is 0 Å². The highest BCUT2D eigenvalue weighted by molar-refractivity contribution is 14.0. The van der Waals surface area contributed by atoms with E-state index in [0.717, 1.165) is 47.6 Å². The molecule has 3 N–H and O–H groups in total. The molecule has 170 valence electrons. The Bertz CT molecular complexity index is 1090. The minimum absolute atomic E-state index is 0. The smallest absolute Gasteiger partial charge is 0.191 e. The van der Waals surface area contributed by atoms with Gasteiger partial charge in [0.15, 0.2) is 5.96 Å². The molecule has 0 amide bonds. The van der Waals surface area contributed by atoms with Crippen LogP contribution in [0.5, 0.6) is 0 Å². The fourth-order valence-electron chi connectivity index (χ4n) is 4.31. The van der Waals surface area contributed by atoms with Crippen molar-refractivity contribution >= 4 is 29.9 Å². The van der Waals surface area contributed by atoms with E-state index in [2.05, 4.69) is 46.9 Å². The zero-order valence-electron chi connectivity index (χ0n) is 18.9. The number of aliphatic imine (C=N–C) groups is 1. The second-order valence-electron chi connectivity index (χ2n) is 8.21. The van der Waals surface area contributed by atoms with Crippen LogP contribution >= 0.6 is 24.0 Å². The molecule has 6 nitrogen and oxygen atoms in total. The number of aliphatic hydroxyl groups is 1. The maximum atomic E-state index is 11.2. The van der Waals surface area contributed by atoms with E-state index >= 15 is 0 Å². The first-order valence-electron chi connectivity index (χ1n) is 10.9. The van der Waals surface area contributed by atoms with Crippen molar-refractivity contribution in [3.63, 3.8) is 0 Å². The van der Waals surface area contributed by atoms with Crippen molar-refractivity contribution in [1.29, 1.82) is 0 Å². The fourth-order valence-corrected chi connectivity index (χ4v) is 4.31. The lowest BCUT2D eigenvalue weighted by Crippen LogP contribution is -2.45. The van der Waals surface area contributed by atoms with Gasteiger partial charge in [0.25, 0.3) is 0 Å². The molecule has 1 atom stereocenters. The van der Waals surface area contributed by atoms with Crippen molar-refractivity contribution in [3.05, 3.63) is 82.7 Å². The SMILES string of the molecule is CCNC(=NCc1ccccc1-n1nc(C)cc1C)NCC1(O)CCc2ccccc21.I. The van der Waals surface area contributed by atoms with E-state index in [0.29, 0.717) is 19.0 Å². The molecule has 0 saturated carbocycles. The highest BCUT2D eigenvalue weighted by atomic mass is 127. The summed E-state index contributed by atoms with van der Waals surface area (Å²) in [6, 6.07) is 18.4. The zero-order chi connectivity index (χ0) is 21.8. The summed E-state index contributed by atoms with van der Waals surface area (Å²) >= 11 is 0. The third-order valence-electron chi connectivity index (χ3n) is 5.86. The second-order valence-corrected chi connectivity index (χ2v) is 8.21. The minimum Gasteiger partial charge on any atom is -0.383 e. The quantitative estimate of drug-likeness (QED) is 0.249. The minimum atomic E-state index is -0.867. The third kappa shape index (κ3) is 5.15. The van der Waals surface area contributed by atoms with Crippen LogP contribution < -0.4 is 10.6 Å². The molecule has 1 aromatic heterocycles. The van der Waals surface area contributed by atoms with E-state index in [1.807, 2.05) is 48.9 Å². The van der Waals surface area contributed by atoms with E-state index < -0.39 is 5.60 Å². The van der Waals surface area contributed by atoms with Gasteiger partial charge < -0.3 is 15.7 Å². The Morgan fingerprint density at radius 2 is 1.88 bits per heavy atom. The molecule has 4 rings (SSSR count). The van der Waals surface area contributed by atoms with Gasteiger partial charge in [0.1, 0.15) is 5.60 Å². The largest absolute Gasteiger partial charge is 0.383 e. The van der Waals surface area contributed by atoms with Crippen LogP contribution in [-0.4, -0.2) is 33.9 Å². The van der Waals surface area contributed by atoms with Crippen LogP contribution in [0.2, 0.25) is 0 Å². The first kappa shape index (κ1) is 24.3. The van der Waals surface area contributed by atoms with Crippen molar-refractivity contribution < 1.29 is 5.11 Å². The molecule has 1 unspecified atom stereocenters. The number of rotatable bonds is 6. The number of nitrogens with zero attached hydrogens (tertiary/aromatic N) is 3. The normalized spacial score (nSPS) is 17.6. The van der Waals surface area contributed by atoms with Gasteiger partial charge in [-0.05, 0) is 62.4 Å². The van der Waals surface area contributed by atoms with Crippen molar-refractivity contribution in [1.82, 2.24) is 20.4 Å². The summed E-state index contributed by atoms with van der Waals surface area (Å²) in [7, 11) is 0. The van der Waals surface area contributed by atoms with Crippen LogP contribution in [0.1, 0.15) is 41.4 Å². The Hall–Kier alpha value is -2.39.